The minimum Gasteiger partial charge on any atom is -0.462 e. The number of hydrogen-bond donors (Lipinski definition) is 0. The van der Waals surface area contributed by atoms with Crippen LogP contribution in [0.4, 0.5) is 13.2 Å². The van der Waals surface area contributed by atoms with Crippen LogP contribution in [0.2, 0.25) is 0 Å². The van der Waals surface area contributed by atoms with Crippen molar-refractivity contribution in [3.8, 4) is 11.8 Å². The summed E-state index contributed by atoms with van der Waals surface area (Å²) in [5, 5.41) is 0. The molecule has 2 aromatic carbocycles. The van der Waals surface area contributed by atoms with E-state index in [-0.39, 0.29) is 24.4 Å². The standard InChI is InChI=1S/C24H21F3O5S/c1-4-31-22(28)18-10-7-16(8-11-18)5-6-17-9-12-19-20(15-17)23(2,3)14-13-21(19)32-33(29,30)24(25,26)27/h7-13,15H,4,14H2,1-3H3. The Morgan fingerprint density at radius 1 is 1.06 bits per heavy atom. The number of benzene rings is 2. The van der Waals surface area contributed by atoms with Crippen LogP contribution in [-0.4, -0.2) is 26.5 Å². The molecule has 2 aromatic rings. The first-order valence-electron chi connectivity index (χ1n) is 9.99. The third-order valence-electron chi connectivity index (χ3n) is 5.04. The molecule has 0 saturated carbocycles. The average Bonchev–Trinajstić information content (AvgIpc) is 2.74. The van der Waals surface area contributed by atoms with E-state index >= 15 is 0 Å². The van der Waals surface area contributed by atoms with Gasteiger partial charge in [-0.05, 0) is 72.9 Å². The first-order valence-corrected chi connectivity index (χ1v) is 11.4. The van der Waals surface area contributed by atoms with E-state index in [2.05, 4.69) is 16.0 Å². The summed E-state index contributed by atoms with van der Waals surface area (Å²) in [7, 11) is -5.78. The molecule has 0 unspecified atom stereocenters. The van der Waals surface area contributed by atoms with Gasteiger partial charge in [0.2, 0.25) is 0 Å². The largest absolute Gasteiger partial charge is 0.534 e. The van der Waals surface area contributed by atoms with Crippen LogP contribution in [0.25, 0.3) is 5.76 Å². The zero-order valence-corrected chi connectivity index (χ0v) is 18.9. The number of allylic oxidation sites excluding steroid dienone is 1. The molecule has 0 amide bonds. The highest BCUT2D eigenvalue weighted by Gasteiger charge is 2.49. The van der Waals surface area contributed by atoms with E-state index in [9.17, 15) is 26.4 Å². The van der Waals surface area contributed by atoms with E-state index in [0.717, 1.165) is 0 Å². The number of hydrogen-bond acceptors (Lipinski definition) is 5. The number of esters is 1. The lowest BCUT2D eigenvalue weighted by Crippen LogP contribution is -2.27. The number of alkyl halides is 3. The van der Waals surface area contributed by atoms with Crippen molar-refractivity contribution in [2.75, 3.05) is 6.61 Å². The molecule has 33 heavy (non-hydrogen) atoms. The summed E-state index contributed by atoms with van der Waals surface area (Å²) in [5.41, 5.74) is -3.44. The number of fused-ring (bicyclic) bond motifs is 1. The lowest BCUT2D eigenvalue weighted by molar-refractivity contribution is -0.0509. The molecule has 0 aliphatic heterocycles. The molecule has 5 nitrogen and oxygen atoms in total. The van der Waals surface area contributed by atoms with E-state index in [0.29, 0.717) is 22.3 Å². The molecule has 9 heteroatoms. The Bertz CT molecular complexity index is 1260. The minimum atomic E-state index is -5.78. The highest BCUT2D eigenvalue weighted by molar-refractivity contribution is 7.87. The zero-order chi connectivity index (χ0) is 24.4. The Morgan fingerprint density at radius 2 is 1.67 bits per heavy atom. The lowest BCUT2D eigenvalue weighted by atomic mass is 9.75. The van der Waals surface area contributed by atoms with Crippen molar-refractivity contribution in [3.05, 3.63) is 76.4 Å². The van der Waals surface area contributed by atoms with Gasteiger partial charge in [0.25, 0.3) is 0 Å². The van der Waals surface area contributed by atoms with Gasteiger partial charge in [0.05, 0.1) is 12.2 Å². The maximum absolute atomic E-state index is 12.8. The second-order valence-corrected chi connectivity index (χ2v) is 9.49. The summed E-state index contributed by atoms with van der Waals surface area (Å²) in [6, 6.07) is 11.4. The van der Waals surface area contributed by atoms with E-state index in [1.54, 1.807) is 43.3 Å². The van der Waals surface area contributed by atoms with E-state index in [1.807, 2.05) is 13.8 Å². The molecule has 0 bridgehead atoms. The predicted octanol–water partition coefficient (Wildman–Crippen LogP) is 5.15. The fourth-order valence-electron chi connectivity index (χ4n) is 3.26. The molecule has 0 spiro atoms. The quantitative estimate of drug-likeness (QED) is 0.263. The van der Waals surface area contributed by atoms with Crippen molar-refractivity contribution in [2.45, 2.75) is 38.1 Å². The van der Waals surface area contributed by atoms with Crippen molar-refractivity contribution in [3.63, 3.8) is 0 Å². The molecule has 1 aliphatic carbocycles. The van der Waals surface area contributed by atoms with Gasteiger partial charge in [-0.3, -0.25) is 0 Å². The minimum absolute atomic E-state index is 0.267. The highest BCUT2D eigenvalue weighted by atomic mass is 32.2. The summed E-state index contributed by atoms with van der Waals surface area (Å²) in [6.07, 6.45) is 1.64. The van der Waals surface area contributed by atoms with Gasteiger partial charge in [0.15, 0.2) is 0 Å². The Labute approximate surface area is 190 Å². The van der Waals surface area contributed by atoms with Crippen molar-refractivity contribution in [1.29, 1.82) is 0 Å². The fraction of sp³-hybridized carbons (Fsp3) is 0.292. The number of ether oxygens (including phenoxy) is 1. The van der Waals surface area contributed by atoms with Crippen molar-refractivity contribution < 1.29 is 35.3 Å². The zero-order valence-electron chi connectivity index (χ0n) is 18.1. The molecular weight excluding hydrogens is 457 g/mol. The molecule has 174 valence electrons. The van der Waals surface area contributed by atoms with Gasteiger partial charge < -0.3 is 8.92 Å². The topological polar surface area (TPSA) is 69.7 Å². The highest BCUT2D eigenvalue weighted by Crippen LogP contribution is 2.41. The summed E-state index contributed by atoms with van der Waals surface area (Å²) < 4.78 is 70.6. The molecular formula is C24H21F3O5S. The maximum Gasteiger partial charge on any atom is 0.534 e. The van der Waals surface area contributed by atoms with Gasteiger partial charge in [-0.1, -0.05) is 25.7 Å². The Morgan fingerprint density at radius 3 is 2.27 bits per heavy atom. The molecule has 0 radical (unpaired) electrons. The molecule has 0 aromatic heterocycles. The predicted molar refractivity (Wildman–Crippen MR) is 117 cm³/mol. The van der Waals surface area contributed by atoms with E-state index in [1.165, 1.54) is 12.1 Å². The van der Waals surface area contributed by atoms with Crippen LogP contribution in [0.3, 0.4) is 0 Å². The molecule has 0 N–H and O–H groups in total. The van der Waals surface area contributed by atoms with Crippen LogP contribution >= 0.6 is 0 Å². The summed E-state index contributed by atoms with van der Waals surface area (Å²) in [5.74, 6) is 5.18. The van der Waals surface area contributed by atoms with E-state index in [4.69, 9.17) is 4.74 Å². The molecule has 1 aliphatic rings. The van der Waals surface area contributed by atoms with Crippen molar-refractivity contribution in [1.82, 2.24) is 0 Å². The van der Waals surface area contributed by atoms with Crippen LogP contribution < -0.4 is 0 Å². The third kappa shape index (κ3) is 5.40. The molecule has 0 heterocycles. The van der Waals surface area contributed by atoms with Gasteiger partial charge in [0.1, 0.15) is 5.76 Å². The molecule has 3 rings (SSSR count). The van der Waals surface area contributed by atoms with Crippen LogP contribution in [0, 0.1) is 11.8 Å². The maximum atomic E-state index is 12.8. The summed E-state index contributed by atoms with van der Waals surface area (Å²) in [4.78, 5) is 11.7. The van der Waals surface area contributed by atoms with Crippen molar-refractivity contribution >= 4 is 21.8 Å². The molecule has 0 atom stereocenters. The van der Waals surface area contributed by atoms with Gasteiger partial charge in [0, 0.05) is 16.7 Å². The van der Waals surface area contributed by atoms with Crippen LogP contribution in [0.1, 0.15) is 59.8 Å². The molecule has 0 saturated heterocycles. The lowest BCUT2D eigenvalue weighted by Gasteiger charge is -2.31. The summed E-state index contributed by atoms with van der Waals surface area (Å²) >= 11 is 0. The fourth-order valence-corrected chi connectivity index (χ4v) is 3.75. The average molecular weight is 478 g/mol. The molecule has 0 fully saturated rings. The second kappa shape index (κ2) is 8.94. The second-order valence-electron chi connectivity index (χ2n) is 7.95. The monoisotopic (exact) mass is 478 g/mol. The first-order chi connectivity index (χ1) is 15.3. The van der Waals surface area contributed by atoms with Crippen molar-refractivity contribution in [2.24, 2.45) is 0 Å². The van der Waals surface area contributed by atoms with Crippen LogP contribution in [-0.2, 0) is 24.5 Å². The van der Waals surface area contributed by atoms with E-state index < -0.39 is 27.0 Å². The Balaban J connectivity index is 1.89. The number of halogens is 3. The van der Waals surface area contributed by atoms with Gasteiger partial charge >= 0.3 is 21.6 Å². The number of rotatable bonds is 4. The smallest absolute Gasteiger partial charge is 0.462 e. The van der Waals surface area contributed by atoms with Crippen LogP contribution in [0.5, 0.6) is 0 Å². The summed E-state index contributed by atoms with van der Waals surface area (Å²) in [6.45, 7) is 5.78. The van der Waals surface area contributed by atoms with Crippen LogP contribution in [0.15, 0.2) is 48.5 Å². The normalized spacial score (nSPS) is 14.9. The Kier molecular flexibility index (Phi) is 6.61. The number of carbonyl (C=O) groups excluding carboxylic acids is 1. The van der Waals surface area contributed by atoms with Gasteiger partial charge in [-0.15, -0.1) is 0 Å². The first kappa shape index (κ1) is 24.4. The SMILES string of the molecule is CCOC(=O)c1ccc(C#Cc2ccc3c(c2)C(C)(C)CC=C3OS(=O)(=O)C(F)(F)F)cc1. The number of carbonyl (C=O) groups is 1. The Hall–Kier alpha value is -3.25. The van der Waals surface area contributed by atoms with Gasteiger partial charge in [-0.2, -0.15) is 21.6 Å². The third-order valence-corrected chi connectivity index (χ3v) is 6.01. The van der Waals surface area contributed by atoms with Gasteiger partial charge in [-0.25, -0.2) is 4.79 Å².